The Hall–Kier alpha value is -1.31. The molecule has 0 radical (unpaired) electrons. The van der Waals surface area contributed by atoms with Gasteiger partial charge in [0, 0.05) is 6.42 Å². The number of ether oxygens (including phenoxy) is 1. The smallest absolute Gasteiger partial charge is 0.305 e. The van der Waals surface area contributed by atoms with Crippen molar-refractivity contribution in [1.29, 1.82) is 0 Å². The molecule has 0 N–H and O–H groups in total. The van der Waals surface area contributed by atoms with Crippen LogP contribution >= 0.6 is 0 Å². The van der Waals surface area contributed by atoms with Crippen LogP contribution in [0.4, 0.5) is 0 Å². The van der Waals surface area contributed by atoms with Crippen LogP contribution in [0.1, 0.15) is 71.1 Å². The molecular formula is C19H32O2. The highest BCUT2D eigenvalue weighted by atomic mass is 16.5. The molecule has 2 heteroatoms. The van der Waals surface area contributed by atoms with Gasteiger partial charge >= 0.3 is 5.97 Å². The average molecular weight is 292 g/mol. The van der Waals surface area contributed by atoms with Crippen molar-refractivity contribution in [2.45, 2.75) is 71.1 Å². The van der Waals surface area contributed by atoms with Gasteiger partial charge in [0.1, 0.15) is 0 Å². The summed E-state index contributed by atoms with van der Waals surface area (Å²) < 4.78 is 4.60. The van der Waals surface area contributed by atoms with Crippen molar-refractivity contribution in [2.24, 2.45) is 0 Å². The molecule has 0 aliphatic heterocycles. The van der Waals surface area contributed by atoms with Crippen LogP contribution in [0, 0.1) is 0 Å². The predicted molar refractivity (Wildman–Crippen MR) is 91.3 cm³/mol. The van der Waals surface area contributed by atoms with Gasteiger partial charge in [0.2, 0.25) is 0 Å². The fraction of sp³-hybridized carbons (Fsp3) is 0.632. The quantitative estimate of drug-likeness (QED) is 0.187. The Balaban J connectivity index is 3.33. The molecule has 0 bridgehead atoms. The summed E-state index contributed by atoms with van der Waals surface area (Å²) in [4.78, 5) is 10.9. The molecule has 0 aliphatic carbocycles. The number of hydrogen-bond donors (Lipinski definition) is 0. The third kappa shape index (κ3) is 16.6. The minimum absolute atomic E-state index is 0.105. The van der Waals surface area contributed by atoms with E-state index in [0.29, 0.717) is 6.42 Å². The van der Waals surface area contributed by atoms with Crippen LogP contribution in [0.3, 0.4) is 0 Å². The Morgan fingerprint density at radius 3 is 2.10 bits per heavy atom. The molecule has 0 amide bonds. The zero-order valence-electron chi connectivity index (χ0n) is 13.9. The lowest BCUT2D eigenvalue weighted by Gasteiger charge is -1.96. The summed E-state index contributed by atoms with van der Waals surface area (Å²) in [5.74, 6) is -0.105. The maximum absolute atomic E-state index is 10.9. The summed E-state index contributed by atoms with van der Waals surface area (Å²) in [6, 6.07) is 0. The molecule has 0 fully saturated rings. The standard InChI is InChI=1S/C19H32O2/c1-3-4-5-6-7-8-9-10-11-12-13-14-15-16-17-18-19(20)21-2/h7-10,13-14H,3-6,11-12,15-18H2,1-2H3. The number of hydrogen-bond acceptors (Lipinski definition) is 2. The first kappa shape index (κ1) is 19.7. The lowest BCUT2D eigenvalue weighted by Crippen LogP contribution is -1.98. The monoisotopic (exact) mass is 292 g/mol. The van der Waals surface area contributed by atoms with E-state index in [-0.39, 0.29) is 5.97 Å². The van der Waals surface area contributed by atoms with Crippen LogP contribution in [0.2, 0.25) is 0 Å². The molecule has 0 aromatic rings. The van der Waals surface area contributed by atoms with Gasteiger partial charge in [-0.1, -0.05) is 56.2 Å². The number of methoxy groups -OCH3 is 1. The predicted octanol–water partition coefficient (Wildman–Crippen LogP) is 5.75. The van der Waals surface area contributed by atoms with E-state index in [0.717, 1.165) is 32.1 Å². The van der Waals surface area contributed by atoms with Gasteiger partial charge in [-0.2, -0.15) is 0 Å². The van der Waals surface area contributed by atoms with Gasteiger partial charge in [0.05, 0.1) is 7.11 Å². The van der Waals surface area contributed by atoms with Crippen molar-refractivity contribution >= 4 is 5.97 Å². The largest absolute Gasteiger partial charge is 0.469 e. The summed E-state index contributed by atoms with van der Waals surface area (Å²) in [6.45, 7) is 2.23. The van der Waals surface area contributed by atoms with Crippen molar-refractivity contribution in [2.75, 3.05) is 7.11 Å². The summed E-state index contributed by atoms with van der Waals surface area (Å²) in [7, 11) is 1.44. The topological polar surface area (TPSA) is 26.3 Å². The highest BCUT2D eigenvalue weighted by molar-refractivity contribution is 5.68. The summed E-state index contributed by atoms with van der Waals surface area (Å²) in [5, 5.41) is 0. The molecule has 0 aromatic carbocycles. The molecule has 0 aromatic heterocycles. The van der Waals surface area contributed by atoms with E-state index in [9.17, 15) is 4.79 Å². The number of carbonyl (C=O) groups excluding carboxylic acids is 1. The van der Waals surface area contributed by atoms with Gasteiger partial charge in [-0.05, 0) is 44.9 Å². The lowest BCUT2D eigenvalue weighted by molar-refractivity contribution is -0.140. The Morgan fingerprint density at radius 1 is 0.810 bits per heavy atom. The molecule has 0 atom stereocenters. The van der Waals surface area contributed by atoms with E-state index in [1.165, 1.54) is 32.8 Å². The zero-order chi connectivity index (χ0) is 15.6. The first-order chi connectivity index (χ1) is 10.3. The van der Waals surface area contributed by atoms with Gasteiger partial charge in [0.15, 0.2) is 0 Å². The molecule has 0 saturated heterocycles. The van der Waals surface area contributed by atoms with E-state index < -0.39 is 0 Å². The first-order valence-corrected chi connectivity index (χ1v) is 8.34. The Kier molecular flexibility index (Phi) is 15.7. The Morgan fingerprint density at radius 2 is 1.38 bits per heavy atom. The summed E-state index contributed by atoms with van der Waals surface area (Å²) >= 11 is 0. The van der Waals surface area contributed by atoms with E-state index >= 15 is 0 Å². The van der Waals surface area contributed by atoms with Crippen molar-refractivity contribution in [3.05, 3.63) is 36.5 Å². The van der Waals surface area contributed by atoms with Crippen molar-refractivity contribution in [3.8, 4) is 0 Å². The van der Waals surface area contributed by atoms with E-state index in [4.69, 9.17) is 0 Å². The van der Waals surface area contributed by atoms with Gasteiger partial charge in [-0.25, -0.2) is 0 Å². The molecule has 0 saturated carbocycles. The zero-order valence-corrected chi connectivity index (χ0v) is 13.9. The normalized spacial score (nSPS) is 11.9. The first-order valence-electron chi connectivity index (χ1n) is 8.34. The SMILES string of the molecule is CCCCCC=CC=CCCC=CCCCCC(=O)OC. The molecule has 120 valence electrons. The van der Waals surface area contributed by atoms with E-state index in [1.54, 1.807) is 0 Å². The second-order valence-electron chi connectivity index (χ2n) is 5.22. The van der Waals surface area contributed by atoms with Gasteiger partial charge in [-0.15, -0.1) is 0 Å². The van der Waals surface area contributed by atoms with Gasteiger partial charge in [0.25, 0.3) is 0 Å². The Labute approximate surface area is 131 Å². The number of allylic oxidation sites excluding steroid dienone is 6. The summed E-state index contributed by atoms with van der Waals surface area (Å²) in [5.41, 5.74) is 0. The van der Waals surface area contributed by atoms with Crippen molar-refractivity contribution in [1.82, 2.24) is 0 Å². The van der Waals surface area contributed by atoms with Crippen LogP contribution in [-0.4, -0.2) is 13.1 Å². The van der Waals surface area contributed by atoms with Crippen LogP contribution in [0.5, 0.6) is 0 Å². The highest BCUT2D eigenvalue weighted by Crippen LogP contribution is 2.03. The molecule has 0 spiro atoms. The number of unbranched alkanes of at least 4 members (excludes halogenated alkanes) is 6. The van der Waals surface area contributed by atoms with E-state index in [1.807, 2.05) is 0 Å². The minimum atomic E-state index is -0.105. The summed E-state index contributed by atoms with van der Waals surface area (Å²) in [6.07, 6.45) is 24.1. The highest BCUT2D eigenvalue weighted by Gasteiger charge is 1.97. The maximum Gasteiger partial charge on any atom is 0.305 e. The van der Waals surface area contributed by atoms with Crippen LogP contribution in [-0.2, 0) is 9.53 Å². The Bertz CT molecular complexity index is 314. The maximum atomic E-state index is 10.9. The van der Waals surface area contributed by atoms with Crippen LogP contribution in [0.25, 0.3) is 0 Å². The molecule has 0 rings (SSSR count). The third-order valence-corrected chi connectivity index (χ3v) is 3.25. The molecular weight excluding hydrogens is 260 g/mol. The molecule has 0 unspecified atom stereocenters. The lowest BCUT2D eigenvalue weighted by atomic mass is 10.1. The van der Waals surface area contributed by atoms with Gasteiger partial charge in [-0.3, -0.25) is 4.79 Å². The van der Waals surface area contributed by atoms with E-state index in [2.05, 4.69) is 48.1 Å². The molecule has 2 nitrogen and oxygen atoms in total. The van der Waals surface area contributed by atoms with Crippen molar-refractivity contribution < 1.29 is 9.53 Å². The van der Waals surface area contributed by atoms with Crippen molar-refractivity contribution in [3.63, 3.8) is 0 Å². The van der Waals surface area contributed by atoms with Crippen LogP contribution in [0.15, 0.2) is 36.5 Å². The number of esters is 1. The third-order valence-electron chi connectivity index (χ3n) is 3.25. The van der Waals surface area contributed by atoms with Crippen LogP contribution < -0.4 is 0 Å². The molecule has 21 heavy (non-hydrogen) atoms. The second-order valence-corrected chi connectivity index (χ2v) is 5.22. The second kappa shape index (κ2) is 16.7. The van der Waals surface area contributed by atoms with Gasteiger partial charge < -0.3 is 4.74 Å². The fourth-order valence-corrected chi connectivity index (χ4v) is 1.92. The number of rotatable bonds is 13. The number of carbonyl (C=O) groups is 1. The average Bonchev–Trinajstić information content (AvgIpc) is 2.50. The molecule has 0 aliphatic rings. The minimum Gasteiger partial charge on any atom is -0.469 e. The fourth-order valence-electron chi connectivity index (χ4n) is 1.92. The molecule has 0 heterocycles.